The molecule has 0 aliphatic heterocycles. The Morgan fingerprint density at radius 2 is 2.25 bits per heavy atom. The lowest BCUT2D eigenvalue weighted by Gasteiger charge is -2.05. The van der Waals surface area contributed by atoms with E-state index in [1.807, 2.05) is 13.0 Å². The Kier molecular flexibility index (Phi) is 6.28. The minimum Gasteiger partial charge on any atom is -0.480 e. The molecule has 0 bridgehead atoms. The highest BCUT2D eigenvalue weighted by Crippen LogP contribution is 2.08. The lowest BCUT2D eigenvalue weighted by atomic mass is 10.1. The fourth-order valence-corrected chi connectivity index (χ4v) is 1.57. The molecule has 0 spiro atoms. The maximum absolute atomic E-state index is 11.1. The molecule has 0 fully saturated rings. The van der Waals surface area contributed by atoms with Crippen LogP contribution in [0.1, 0.15) is 31.3 Å². The summed E-state index contributed by atoms with van der Waals surface area (Å²) in [6, 6.07) is 2.79. The molecule has 1 aromatic rings. The Labute approximate surface area is 117 Å². The summed E-state index contributed by atoms with van der Waals surface area (Å²) in [7, 11) is 0. The van der Waals surface area contributed by atoms with Gasteiger partial charge in [0.1, 0.15) is 17.6 Å². The number of carboxylic acids is 1. The van der Waals surface area contributed by atoms with Gasteiger partial charge in [-0.25, -0.2) is 4.79 Å². The van der Waals surface area contributed by atoms with E-state index in [0.717, 1.165) is 12.2 Å². The Morgan fingerprint density at radius 3 is 2.80 bits per heavy atom. The number of furan rings is 1. The number of hydrogen-bond acceptors (Lipinski definition) is 4. The quantitative estimate of drug-likeness (QED) is 0.368. The molecule has 1 rings (SSSR count). The molecule has 110 valence electrons. The van der Waals surface area contributed by atoms with Crippen LogP contribution in [0.25, 0.3) is 0 Å². The number of nitrogens with zero attached hydrogens (tertiary/aromatic N) is 2. The number of nitrogens with two attached hydrogens (primary N) is 2. The van der Waals surface area contributed by atoms with Gasteiger partial charge in [-0.05, 0) is 25.0 Å². The standard InChI is InChI=1S/C13H20N4O3/c1-2-9-5-6-10(20-9)8-17-11(12(18)19)4-3-7-16-13(14)15/h5-6,8,11H,2-4,7H2,1H3,(H,18,19)(H4,14,15,16). The maximum Gasteiger partial charge on any atom is 0.328 e. The summed E-state index contributed by atoms with van der Waals surface area (Å²) in [6.45, 7) is 2.37. The van der Waals surface area contributed by atoms with E-state index < -0.39 is 12.0 Å². The highest BCUT2D eigenvalue weighted by Gasteiger charge is 2.14. The van der Waals surface area contributed by atoms with Crippen LogP contribution >= 0.6 is 0 Å². The number of aliphatic imine (C=N–C) groups is 2. The zero-order valence-corrected chi connectivity index (χ0v) is 11.5. The normalized spacial score (nSPS) is 12.4. The van der Waals surface area contributed by atoms with Gasteiger partial charge in [-0.1, -0.05) is 6.92 Å². The fraction of sp³-hybridized carbons (Fsp3) is 0.462. The molecular weight excluding hydrogens is 260 g/mol. The predicted octanol–water partition coefficient (Wildman–Crippen LogP) is 0.768. The molecule has 7 nitrogen and oxygen atoms in total. The number of aliphatic carboxylic acids is 1. The third-order valence-electron chi connectivity index (χ3n) is 2.63. The van der Waals surface area contributed by atoms with Gasteiger partial charge >= 0.3 is 5.97 Å². The first-order chi connectivity index (χ1) is 9.52. The first-order valence-corrected chi connectivity index (χ1v) is 6.43. The number of hydrogen-bond donors (Lipinski definition) is 3. The van der Waals surface area contributed by atoms with Crippen molar-refractivity contribution in [3.05, 3.63) is 23.7 Å². The van der Waals surface area contributed by atoms with Gasteiger partial charge in [-0.2, -0.15) is 0 Å². The Morgan fingerprint density at radius 1 is 1.50 bits per heavy atom. The van der Waals surface area contributed by atoms with Gasteiger partial charge in [0.05, 0.1) is 6.21 Å². The van der Waals surface area contributed by atoms with Gasteiger partial charge in [0.25, 0.3) is 0 Å². The van der Waals surface area contributed by atoms with Crippen molar-refractivity contribution in [1.29, 1.82) is 0 Å². The van der Waals surface area contributed by atoms with Gasteiger partial charge in [0, 0.05) is 13.0 Å². The average molecular weight is 280 g/mol. The molecular formula is C13H20N4O3. The van der Waals surface area contributed by atoms with Crippen LogP contribution < -0.4 is 11.5 Å². The third kappa shape index (κ3) is 5.55. The molecule has 5 N–H and O–H groups in total. The SMILES string of the molecule is CCc1ccc(C=NC(CCCN=C(N)N)C(=O)O)o1. The topological polar surface area (TPSA) is 127 Å². The highest BCUT2D eigenvalue weighted by molar-refractivity contribution is 5.81. The van der Waals surface area contributed by atoms with Crippen molar-refractivity contribution < 1.29 is 14.3 Å². The average Bonchev–Trinajstić information content (AvgIpc) is 2.85. The minimum absolute atomic E-state index is 0.00283. The molecule has 0 aromatic carbocycles. The molecule has 0 amide bonds. The third-order valence-corrected chi connectivity index (χ3v) is 2.63. The zero-order chi connectivity index (χ0) is 15.0. The molecule has 0 saturated carbocycles. The van der Waals surface area contributed by atoms with Crippen molar-refractivity contribution in [3.63, 3.8) is 0 Å². The van der Waals surface area contributed by atoms with E-state index >= 15 is 0 Å². The second-order valence-electron chi connectivity index (χ2n) is 4.24. The Balaban J connectivity index is 2.53. The Bertz CT molecular complexity index is 490. The van der Waals surface area contributed by atoms with Crippen molar-refractivity contribution in [1.82, 2.24) is 0 Å². The summed E-state index contributed by atoms with van der Waals surface area (Å²) in [6.07, 6.45) is 3.14. The molecule has 1 atom stereocenters. The molecule has 7 heteroatoms. The molecule has 1 aromatic heterocycles. The zero-order valence-electron chi connectivity index (χ0n) is 11.5. The van der Waals surface area contributed by atoms with Crippen molar-refractivity contribution >= 4 is 18.1 Å². The van der Waals surface area contributed by atoms with Gasteiger partial charge < -0.3 is 21.0 Å². The van der Waals surface area contributed by atoms with Crippen molar-refractivity contribution in [2.24, 2.45) is 21.5 Å². The molecule has 0 saturated heterocycles. The summed E-state index contributed by atoms with van der Waals surface area (Å²) in [4.78, 5) is 18.9. The molecule has 1 heterocycles. The predicted molar refractivity (Wildman–Crippen MR) is 77.0 cm³/mol. The summed E-state index contributed by atoms with van der Waals surface area (Å²) >= 11 is 0. The lowest BCUT2D eigenvalue weighted by Crippen LogP contribution is -2.23. The second kappa shape index (κ2) is 7.98. The van der Waals surface area contributed by atoms with Crippen LogP contribution in [0.3, 0.4) is 0 Å². The molecule has 20 heavy (non-hydrogen) atoms. The number of guanidine groups is 1. The monoisotopic (exact) mass is 280 g/mol. The van der Waals surface area contributed by atoms with E-state index in [9.17, 15) is 4.79 Å². The van der Waals surface area contributed by atoms with E-state index in [-0.39, 0.29) is 5.96 Å². The fourth-order valence-electron chi connectivity index (χ4n) is 1.57. The molecule has 0 radical (unpaired) electrons. The van der Waals surface area contributed by atoms with Crippen molar-refractivity contribution in [2.45, 2.75) is 32.2 Å². The van der Waals surface area contributed by atoms with Crippen molar-refractivity contribution in [3.8, 4) is 0 Å². The summed E-state index contributed by atoms with van der Waals surface area (Å²) < 4.78 is 5.42. The molecule has 1 unspecified atom stereocenters. The maximum atomic E-state index is 11.1. The second-order valence-corrected chi connectivity index (χ2v) is 4.24. The Hall–Kier alpha value is -2.31. The minimum atomic E-state index is -0.978. The van der Waals surface area contributed by atoms with Crippen LogP contribution in [0.5, 0.6) is 0 Å². The van der Waals surface area contributed by atoms with Gasteiger partial charge in [0.15, 0.2) is 5.96 Å². The number of carbonyl (C=O) groups is 1. The van der Waals surface area contributed by atoms with E-state index in [1.165, 1.54) is 6.21 Å². The van der Waals surface area contributed by atoms with Crippen LogP contribution in [0.4, 0.5) is 0 Å². The molecule has 0 aliphatic rings. The number of aryl methyl sites for hydroxylation is 1. The van der Waals surface area contributed by atoms with E-state index in [0.29, 0.717) is 25.1 Å². The van der Waals surface area contributed by atoms with Crippen LogP contribution in [0.2, 0.25) is 0 Å². The van der Waals surface area contributed by atoms with Crippen molar-refractivity contribution in [2.75, 3.05) is 6.54 Å². The van der Waals surface area contributed by atoms with Gasteiger partial charge in [-0.3, -0.25) is 9.98 Å². The highest BCUT2D eigenvalue weighted by atomic mass is 16.4. The smallest absolute Gasteiger partial charge is 0.328 e. The van der Waals surface area contributed by atoms with Crippen LogP contribution in [0, 0.1) is 0 Å². The van der Waals surface area contributed by atoms with Gasteiger partial charge in [0.2, 0.25) is 0 Å². The van der Waals surface area contributed by atoms with E-state index in [4.69, 9.17) is 21.0 Å². The van der Waals surface area contributed by atoms with Gasteiger partial charge in [-0.15, -0.1) is 0 Å². The number of carboxylic acid groups (broad SMARTS) is 1. The van der Waals surface area contributed by atoms with Crippen LogP contribution in [-0.2, 0) is 11.2 Å². The first kappa shape index (κ1) is 15.7. The first-order valence-electron chi connectivity index (χ1n) is 6.43. The number of rotatable bonds is 8. The van der Waals surface area contributed by atoms with E-state index in [2.05, 4.69) is 9.98 Å². The largest absolute Gasteiger partial charge is 0.480 e. The van der Waals surface area contributed by atoms with E-state index in [1.54, 1.807) is 6.07 Å². The summed E-state index contributed by atoms with van der Waals surface area (Å²) in [5.41, 5.74) is 10.4. The summed E-state index contributed by atoms with van der Waals surface area (Å²) in [5.74, 6) is 0.416. The lowest BCUT2D eigenvalue weighted by molar-refractivity contribution is -0.138. The van der Waals surface area contributed by atoms with Crippen LogP contribution in [-0.4, -0.2) is 35.8 Å². The van der Waals surface area contributed by atoms with Crippen LogP contribution in [0.15, 0.2) is 26.5 Å². The summed E-state index contributed by atoms with van der Waals surface area (Å²) in [5, 5.41) is 9.08. The molecule has 0 aliphatic carbocycles.